The highest BCUT2D eigenvalue weighted by Gasteiger charge is 2.05. The highest BCUT2D eigenvalue weighted by Crippen LogP contribution is 2.15. The number of rotatable bonds is 1. The van der Waals surface area contributed by atoms with Crippen molar-refractivity contribution in [1.82, 2.24) is 9.38 Å². The van der Waals surface area contributed by atoms with E-state index in [9.17, 15) is 0 Å². The Hall–Kier alpha value is -0.870. The Labute approximate surface area is 84.7 Å². The van der Waals surface area contributed by atoms with Gasteiger partial charge in [0.15, 0.2) is 0 Å². The van der Waals surface area contributed by atoms with Gasteiger partial charge in [0.05, 0.1) is 5.69 Å². The summed E-state index contributed by atoms with van der Waals surface area (Å²) in [5, 5.41) is 0. The zero-order chi connectivity index (χ0) is 9.42. The number of imidazole rings is 1. The van der Waals surface area contributed by atoms with Crippen molar-refractivity contribution in [2.24, 2.45) is 5.73 Å². The van der Waals surface area contributed by atoms with Crippen molar-refractivity contribution in [1.29, 1.82) is 0 Å². The average Bonchev–Trinajstić information content (AvgIpc) is 2.44. The standard InChI is InChI=1S/C9H10BrN3/c1-6-8(4-11)12-9-3-2-7(10)5-13(6)9/h2-3,5H,4,11H2,1H3. The summed E-state index contributed by atoms with van der Waals surface area (Å²) in [7, 11) is 0. The average molecular weight is 240 g/mol. The Morgan fingerprint density at radius 1 is 1.54 bits per heavy atom. The molecule has 3 nitrogen and oxygen atoms in total. The second-order valence-electron chi connectivity index (χ2n) is 2.92. The number of halogens is 1. The molecule has 0 aliphatic carbocycles. The number of pyridine rings is 1. The van der Waals surface area contributed by atoms with Crippen LogP contribution < -0.4 is 5.73 Å². The number of hydrogen-bond donors (Lipinski definition) is 1. The number of nitrogens with two attached hydrogens (primary N) is 1. The topological polar surface area (TPSA) is 43.3 Å². The minimum atomic E-state index is 0.491. The van der Waals surface area contributed by atoms with E-state index in [2.05, 4.69) is 20.9 Å². The van der Waals surface area contributed by atoms with E-state index in [1.807, 2.05) is 29.7 Å². The van der Waals surface area contributed by atoms with Gasteiger partial charge in [0, 0.05) is 22.9 Å². The van der Waals surface area contributed by atoms with Crippen LogP contribution in [0.3, 0.4) is 0 Å². The van der Waals surface area contributed by atoms with E-state index in [0.717, 1.165) is 21.5 Å². The lowest BCUT2D eigenvalue weighted by molar-refractivity contribution is 0.982. The molecule has 2 N–H and O–H groups in total. The van der Waals surface area contributed by atoms with E-state index in [1.54, 1.807) is 0 Å². The van der Waals surface area contributed by atoms with Gasteiger partial charge < -0.3 is 10.1 Å². The molecule has 0 unspecified atom stereocenters. The molecule has 2 heterocycles. The van der Waals surface area contributed by atoms with Crippen LogP contribution >= 0.6 is 15.9 Å². The maximum atomic E-state index is 5.57. The molecule has 0 radical (unpaired) electrons. The molecule has 0 aromatic carbocycles. The van der Waals surface area contributed by atoms with Gasteiger partial charge in [-0.15, -0.1) is 0 Å². The Kier molecular flexibility index (Phi) is 2.09. The Morgan fingerprint density at radius 3 is 3.00 bits per heavy atom. The van der Waals surface area contributed by atoms with Crippen molar-refractivity contribution in [2.75, 3.05) is 0 Å². The van der Waals surface area contributed by atoms with Crippen LogP contribution in [0.1, 0.15) is 11.4 Å². The molecular formula is C9H10BrN3. The third kappa shape index (κ3) is 1.36. The van der Waals surface area contributed by atoms with Crippen molar-refractivity contribution < 1.29 is 0 Å². The molecule has 4 heteroatoms. The maximum absolute atomic E-state index is 5.57. The first-order valence-electron chi connectivity index (χ1n) is 4.05. The number of aromatic nitrogens is 2. The molecule has 0 amide bonds. The fourth-order valence-corrected chi connectivity index (χ4v) is 1.72. The number of nitrogens with zero attached hydrogens (tertiary/aromatic N) is 2. The van der Waals surface area contributed by atoms with Crippen molar-refractivity contribution in [2.45, 2.75) is 13.5 Å². The summed E-state index contributed by atoms with van der Waals surface area (Å²) in [4.78, 5) is 4.39. The van der Waals surface area contributed by atoms with E-state index in [0.29, 0.717) is 6.54 Å². The molecule has 2 aromatic heterocycles. The van der Waals surface area contributed by atoms with Crippen molar-refractivity contribution >= 4 is 21.6 Å². The third-order valence-corrected chi connectivity index (χ3v) is 2.58. The third-order valence-electron chi connectivity index (χ3n) is 2.11. The van der Waals surface area contributed by atoms with Gasteiger partial charge in [0.25, 0.3) is 0 Å². The van der Waals surface area contributed by atoms with Crippen LogP contribution in [0.15, 0.2) is 22.8 Å². The number of aryl methyl sites for hydroxylation is 1. The lowest BCUT2D eigenvalue weighted by Gasteiger charge is -1.96. The molecule has 0 atom stereocenters. The summed E-state index contributed by atoms with van der Waals surface area (Å²) in [6.07, 6.45) is 2.00. The first kappa shape index (κ1) is 8.72. The number of hydrogen-bond acceptors (Lipinski definition) is 2. The van der Waals surface area contributed by atoms with Gasteiger partial charge in [-0.25, -0.2) is 4.98 Å². The molecule has 0 bridgehead atoms. The molecule has 2 aromatic rings. The van der Waals surface area contributed by atoms with Crippen molar-refractivity contribution in [3.8, 4) is 0 Å². The minimum Gasteiger partial charge on any atom is -0.325 e. The first-order valence-corrected chi connectivity index (χ1v) is 4.85. The number of fused-ring (bicyclic) bond motifs is 1. The van der Waals surface area contributed by atoms with Crippen LogP contribution in [0.25, 0.3) is 5.65 Å². The molecule has 13 heavy (non-hydrogen) atoms. The minimum absolute atomic E-state index is 0.491. The van der Waals surface area contributed by atoms with Crippen molar-refractivity contribution in [3.05, 3.63) is 34.2 Å². The molecule has 0 saturated heterocycles. The van der Waals surface area contributed by atoms with Gasteiger partial charge in [-0.05, 0) is 35.0 Å². The van der Waals surface area contributed by atoms with E-state index < -0.39 is 0 Å². The molecule has 0 fully saturated rings. The van der Waals surface area contributed by atoms with E-state index in [1.165, 1.54) is 0 Å². The van der Waals surface area contributed by atoms with Gasteiger partial charge in [-0.1, -0.05) is 0 Å². The van der Waals surface area contributed by atoms with Crippen LogP contribution in [-0.2, 0) is 6.54 Å². The van der Waals surface area contributed by atoms with Crippen LogP contribution in [-0.4, -0.2) is 9.38 Å². The van der Waals surface area contributed by atoms with Crippen LogP contribution in [0.5, 0.6) is 0 Å². The quantitative estimate of drug-likeness (QED) is 0.826. The summed E-state index contributed by atoms with van der Waals surface area (Å²) >= 11 is 3.42. The monoisotopic (exact) mass is 239 g/mol. The Balaban J connectivity index is 2.77. The van der Waals surface area contributed by atoms with E-state index in [-0.39, 0.29) is 0 Å². The maximum Gasteiger partial charge on any atom is 0.137 e. The fourth-order valence-electron chi connectivity index (χ4n) is 1.38. The second kappa shape index (κ2) is 3.12. The molecule has 0 aliphatic rings. The van der Waals surface area contributed by atoms with Gasteiger partial charge in [0.2, 0.25) is 0 Å². The zero-order valence-corrected chi connectivity index (χ0v) is 8.87. The van der Waals surface area contributed by atoms with Gasteiger partial charge in [-0.2, -0.15) is 0 Å². The second-order valence-corrected chi connectivity index (χ2v) is 3.84. The molecule has 0 aliphatic heterocycles. The molecule has 0 spiro atoms. The van der Waals surface area contributed by atoms with Gasteiger partial charge >= 0.3 is 0 Å². The van der Waals surface area contributed by atoms with E-state index in [4.69, 9.17) is 5.73 Å². The summed E-state index contributed by atoms with van der Waals surface area (Å²) in [5.74, 6) is 0. The van der Waals surface area contributed by atoms with E-state index >= 15 is 0 Å². The van der Waals surface area contributed by atoms with Crippen molar-refractivity contribution in [3.63, 3.8) is 0 Å². The smallest absolute Gasteiger partial charge is 0.137 e. The highest BCUT2D eigenvalue weighted by atomic mass is 79.9. The predicted octanol–water partition coefficient (Wildman–Crippen LogP) is 1.86. The summed E-state index contributed by atoms with van der Waals surface area (Å²) in [5.41, 5.74) is 8.58. The summed E-state index contributed by atoms with van der Waals surface area (Å²) in [6, 6.07) is 3.94. The fraction of sp³-hybridized carbons (Fsp3) is 0.222. The lowest BCUT2D eigenvalue weighted by atomic mass is 10.3. The van der Waals surface area contributed by atoms with Crippen LogP contribution in [0, 0.1) is 6.92 Å². The zero-order valence-electron chi connectivity index (χ0n) is 7.29. The lowest BCUT2D eigenvalue weighted by Crippen LogP contribution is -1.98. The largest absolute Gasteiger partial charge is 0.325 e. The molecule has 68 valence electrons. The Morgan fingerprint density at radius 2 is 2.31 bits per heavy atom. The highest BCUT2D eigenvalue weighted by molar-refractivity contribution is 9.10. The normalized spacial score (nSPS) is 11.0. The van der Waals surface area contributed by atoms with Gasteiger partial charge in [-0.3, -0.25) is 0 Å². The molecular weight excluding hydrogens is 230 g/mol. The summed E-state index contributed by atoms with van der Waals surface area (Å²) in [6.45, 7) is 2.51. The molecule has 0 saturated carbocycles. The molecule has 2 rings (SSSR count). The van der Waals surface area contributed by atoms with Crippen LogP contribution in [0.4, 0.5) is 0 Å². The summed E-state index contributed by atoms with van der Waals surface area (Å²) < 4.78 is 3.08. The predicted molar refractivity (Wildman–Crippen MR) is 55.5 cm³/mol. The van der Waals surface area contributed by atoms with Gasteiger partial charge in [0.1, 0.15) is 5.65 Å². The van der Waals surface area contributed by atoms with Crippen LogP contribution in [0.2, 0.25) is 0 Å². The first-order chi connectivity index (χ1) is 6.22. The Bertz CT molecular complexity index is 447. The SMILES string of the molecule is Cc1c(CN)nc2ccc(Br)cn12.